The van der Waals surface area contributed by atoms with Crippen LogP contribution < -0.4 is 5.32 Å². The summed E-state index contributed by atoms with van der Waals surface area (Å²) in [5.41, 5.74) is 1.07. The number of hydrogen-bond donors (Lipinski definition) is 1. The second-order valence-electron chi connectivity index (χ2n) is 4.73. The summed E-state index contributed by atoms with van der Waals surface area (Å²) in [6, 6.07) is 8.79. The molecular weight excluding hydrogens is 290 g/mol. The molecule has 0 unspecified atom stereocenters. The molecule has 1 saturated carbocycles. The fraction of sp³-hybridized carbons (Fsp3) is 0.357. The van der Waals surface area contributed by atoms with Crippen LogP contribution in [0.25, 0.3) is 0 Å². The molecule has 1 aliphatic rings. The minimum absolute atomic E-state index is 0.616. The second kappa shape index (κ2) is 5.14. The highest BCUT2D eigenvalue weighted by Gasteiger charge is 2.19. The van der Waals surface area contributed by atoms with Crippen LogP contribution in [0.4, 0.5) is 11.6 Å². The van der Waals surface area contributed by atoms with E-state index in [0.717, 1.165) is 16.1 Å². The van der Waals surface area contributed by atoms with Crippen molar-refractivity contribution in [3.63, 3.8) is 0 Å². The summed E-state index contributed by atoms with van der Waals surface area (Å²) in [7, 11) is 0. The van der Waals surface area contributed by atoms with Crippen LogP contribution in [0.5, 0.6) is 0 Å². The third-order valence-electron chi connectivity index (χ3n) is 3.49. The highest BCUT2D eigenvalue weighted by molar-refractivity contribution is 9.10. The predicted octanol–water partition coefficient (Wildman–Crippen LogP) is 4.50. The molecule has 2 aromatic rings. The van der Waals surface area contributed by atoms with Gasteiger partial charge in [-0.25, -0.2) is 4.98 Å². The number of halogens is 1. The van der Waals surface area contributed by atoms with Gasteiger partial charge in [-0.15, -0.1) is 0 Å². The van der Waals surface area contributed by atoms with Crippen molar-refractivity contribution in [3.8, 4) is 0 Å². The number of aromatic nitrogens is 2. The summed E-state index contributed by atoms with van der Waals surface area (Å²) in [4.78, 5) is 4.42. The van der Waals surface area contributed by atoms with Crippen molar-refractivity contribution in [3.05, 3.63) is 41.1 Å². The van der Waals surface area contributed by atoms with Crippen LogP contribution in [0.1, 0.15) is 31.7 Å². The number of nitrogens with zero attached hydrogens (tertiary/aromatic N) is 2. The van der Waals surface area contributed by atoms with E-state index in [1.807, 2.05) is 18.3 Å². The average Bonchev–Trinajstić information content (AvgIpc) is 3.02. The van der Waals surface area contributed by atoms with Gasteiger partial charge < -0.3 is 9.88 Å². The summed E-state index contributed by atoms with van der Waals surface area (Å²) >= 11 is 3.44. The van der Waals surface area contributed by atoms with Crippen molar-refractivity contribution in [2.75, 3.05) is 5.32 Å². The van der Waals surface area contributed by atoms with Crippen molar-refractivity contribution < 1.29 is 0 Å². The second-order valence-corrected chi connectivity index (χ2v) is 5.64. The topological polar surface area (TPSA) is 29.9 Å². The zero-order chi connectivity index (χ0) is 12.4. The third kappa shape index (κ3) is 2.43. The standard InChI is InChI=1S/C14H16BrN3/c15-11-5-7-12(8-6-11)17-14-16-9-10-18(14)13-3-1-2-4-13/h5-10,13H,1-4H2,(H,16,17). The monoisotopic (exact) mass is 305 g/mol. The molecule has 0 aliphatic heterocycles. The first-order chi connectivity index (χ1) is 8.83. The summed E-state index contributed by atoms with van der Waals surface area (Å²) in [5.74, 6) is 0.948. The molecule has 4 heteroatoms. The van der Waals surface area contributed by atoms with Gasteiger partial charge in [-0.1, -0.05) is 28.8 Å². The van der Waals surface area contributed by atoms with Gasteiger partial charge in [-0.2, -0.15) is 0 Å². The lowest BCUT2D eigenvalue weighted by Crippen LogP contribution is -2.07. The van der Waals surface area contributed by atoms with E-state index in [1.54, 1.807) is 0 Å². The van der Waals surface area contributed by atoms with Gasteiger partial charge in [0.2, 0.25) is 5.95 Å². The molecule has 18 heavy (non-hydrogen) atoms. The minimum atomic E-state index is 0.616. The molecule has 1 aliphatic carbocycles. The first kappa shape index (κ1) is 11.8. The Morgan fingerprint density at radius 1 is 1.17 bits per heavy atom. The highest BCUT2D eigenvalue weighted by Crippen LogP contribution is 2.32. The molecule has 1 fully saturated rings. The number of hydrogen-bond acceptors (Lipinski definition) is 2. The van der Waals surface area contributed by atoms with Gasteiger partial charge in [0.25, 0.3) is 0 Å². The largest absolute Gasteiger partial charge is 0.326 e. The molecule has 0 amide bonds. The van der Waals surface area contributed by atoms with Crippen molar-refractivity contribution >= 4 is 27.6 Å². The average molecular weight is 306 g/mol. The van der Waals surface area contributed by atoms with Crippen LogP contribution in [0.2, 0.25) is 0 Å². The molecule has 3 rings (SSSR count). The summed E-state index contributed by atoms with van der Waals surface area (Å²) < 4.78 is 3.36. The van der Waals surface area contributed by atoms with Crippen molar-refractivity contribution in [1.29, 1.82) is 0 Å². The molecule has 0 atom stereocenters. The Balaban J connectivity index is 1.80. The molecule has 3 nitrogen and oxygen atoms in total. The van der Waals surface area contributed by atoms with Crippen LogP contribution in [0, 0.1) is 0 Å². The zero-order valence-electron chi connectivity index (χ0n) is 10.1. The van der Waals surface area contributed by atoms with Crippen molar-refractivity contribution in [2.45, 2.75) is 31.7 Å². The molecular formula is C14H16BrN3. The van der Waals surface area contributed by atoms with E-state index in [0.29, 0.717) is 6.04 Å². The van der Waals surface area contributed by atoms with Crippen molar-refractivity contribution in [1.82, 2.24) is 9.55 Å². The van der Waals surface area contributed by atoms with E-state index in [1.165, 1.54) is 25.7 Å². The maximum atomic E-state index is 4.42. The smallest absolute Gasteiger partial charge is 0.207 e. The Bertz CT molecular complexity index is 512. The molecule has 1 heterocycles. The summed E-state index contributed by atoms with van der Waals surface area (Å²) in [6.45, 7) is 0. The number of rotatable bonds is 3. The van der Waals surface area contributed by atoms with Crippen LogP contribution in [0.15, 0.2) is 41.1 Å². The molecule has 94 valence electrons. The lowest BCUT2D eigenvalue weighted by atomic mass is 10.2. The van der Waals surface area contributed by atoms with Gasteiger partial charge in [-0.05, 0) is 37.1 Å². The Morgan fingerprint density at radius 2 is 1.89 bits per heavy atom. The fourth-order valence-electron chi connectivity index (χ4n) is 2.55. The van der Waals surface area contributed by atoms with E-state index in [4.69, 9.17) is 0 Å². The van der Waals surface area contributed by atoms with Gasteiger partial charge in [0.1, 0.15) is 0 Å². The molecule has 1 aromatic heterocycles. The number of anilines is 2. The number of benzene rings is 1. The van der Waals surface area contributed by atoms with Crippen LogP contribution in [-0.2, 0) is 0 Å². The number of imidazole rings is 1. The SMILES string of the molecule is Brc1ccc(Nc2nccn2C2CCCC2)cc1. The Kier molecular flexibility index (Phi) is 3.37. The molecule has 0 bridgehead atoms. The van der Waals surface area contributed by atoms with E-state index in [2.05, 4.69) is 49.1 Å². The normalized spacial score (nSPS) is 16.1. The third-order valence-corrected chi connectivity index (χ3v) is 4.02. The first-order valence-electron chi connectivity index (χ1n) is 6.38. The van der Waals surface area contributed by atoms with E-state index < -0.39 is 0 Å². The minimum Gasteiger partial charge on any atom is -0.326 e. The maximum absolute atomic E-state index is 4.42. The van der Waals surface area contributed by atoms with Crippen LogP contribution in [0.3, 0.4) is 0 Å². The molecule has 0 radical (unpaired) electrons. The first-order valence-corrected chi connectivity index (χ1v) is 7.17. The van der Waals surface area contributed by atoms with Gasteiger partial charge in [0, 0.05) is 28.6 Å². The number of nitrogens with one attached hydrogen (secondary N) is 1. The van der Waals surface area contributed by atoms with Gasteiger partial charge in [-0.3, -0.25) is 0 Å². The Labute approximate surface area is 115 Å². The van der Waals surface area contributed by atoms with Gasteiger partial charge >= 0.3 is 0 Å². The van der Waals surface area contributed by atoms with E-state index in [9.17, 15) is 0 Å². The molecule has 0 spiro atoms. The summed E-state index contributed by atoms with van der Waals surface area (Å²) in [6.07, 6.45) is 9.16. The molecule has 1 N–H and O–H groups in total. The van der Waals surface area contributed by atoms with Gasteiger partial charge in [0.15, 0.2) is 0 Å². The van der Waals surface area contributed by atoms with Crippen LogP contribution in [-0.4, -0.2) is 9.55 Å². The van der Waals surface area contributed by atoms with Crippen LogP contribution >= 0.6 is 15.9 Å². The Hall–Kier alpha value is -1.29. The lowest BCUT2D eigenvalue weighted by molar-refractivity contribution is 0.525. The highest BCUT2D eigenvalue weighted by atomic mass is 79.9. The van der Waals surface area contributed by atoms with E-state index >= 15 is 0 Å². The lowest BCUT2D eigenvalue weighted by Gasteiger charge is -2.15. The Morgan fingerprint density at radius 3 is 2.61 bits per heavy atom. The quantitative estimate of drug-likeness (QED) is 0.904. The fourth-order valence-corrected chi connectivity index (χ4v) is 2.81. The molecule has 1 aromatic carbocycles. The maximum Gasteiger partial charge on any atom is 0.207 e. The zero-order valence-corrected chi connectivity index (χ0v) is 11.7. The van der Waals surface area contributed by atoms with Gasteiger partial charge in [0.05, 0.1) is 0 Å². The molecule has 0 saturated heterocycles. The van der Waals surface area contributed by atoms with Crippen molar-refractivity contribution in [2.24, 2.45) is 0 Å². The predicted molar refractivity (Wildman–Crippen MR) is 77.2 cm³/mol. The summed E-state index contributed by atoms with van der Waals surface area (Å²) in [5, 5.41) is 3.39. The van der Waals surface area contributed by atoms with E-state index in [-0.39, 0.29) is 0 Å².